The zero-order valence-electron chi connectivity index (χ0n) is 19.3. The van der Waals surface area contributed by atoms with Crippen LogP contribution in [0.5, 0.6) is 0 Å². The molecule has 1 aromatic carbocycles. The van der Waals surface area contributed by atoms with Crippen LogP contribution in [0.25, 0.3) is 0 Å². The number of rotatable bonds is 10. The molecule has 0 amide bonds. The molecular weight excluding hydrogens is 388 g/mol. The van der Waals surface area contributed by atoms with Gasteiger partial charge in [-0.05, 0) is 44.4 Å². The first-order valence-electron chi connectivity index (χ1n) is 11.7. The molecule has 2 N–H and O–H groups in total. The Morgan fingerprint density at radius 2 is 1.87 bits per heavy atom. The van der Waals surface area contributed by atoms with Gasteiger partial charge in [0.1, 0.15) is 6.54 Å². The maximum atomic E-state index is 5.38. The molecule has 1 saturated heterocycles. The Kier molecular flexibility index (Phi) is 9.21. The number of benzene rings is 1. The van der Waals surface area contributed by atoms with Crippen LogP contribution in [0.2, 0.25) is 0 Å². The van der Waals surface area contributed by atoms with Crippen LogP contribution in [-0.4, -0.2) is 61.8 Å². The van der Waals surface area contributed by atoms with E-state index in [-0.39, 0.29) is 0 Å². The van der Waals surface area contributed by atoms with Gasteiger partial charge >= 0.3 is 0 Å². The van der Waals surface area contributed by atoms with E-state index in [2.05, 4.69) is 81.7 Å². The van der Waals surface area contributed by atoms with E-state index >= 15 is 0 Å². The number of nitrogens with one attached hydrogen (secondary N) is 2. The van der Waals surface area contributed by atoms with Crippen molar-refractivity contribution in [1.82, 2.24) is 20.7 Å². The molecule has 1 fully saturated rings. The van der Waals surface area contributed by atoms with Crippen molar-refractivity contribution in [2.45, 2.75) is 46.1 Å². The Morgan fingerprint density at radius 3 is 2.55 bits per heavy atom. The SMILES string of the molecule is CCNC(=NCc1cc(C(C)C)no1)NCCCCN1CCN(c2ccccc2)CC1. The fraction of sp³-hybridized carbons (Fsp3) is 0.583. The molecule has 1 aliphatic rings. The van der Waals surface area contributed by atoms with Crippen molar-refractivity contribution in [3.8, 4) is 0 Å². The van der Waals surface area contributed by atoms with E-state index in [1.165, 1.54) is 12.1 Å². The third-order valence-electron chi connectivity index (χ3n) is 5.59. The van der Waals surface area contributed by atoms with E-state index in [0.717, 1.165) is 69.6 Å². The van der Waals surface area contributed by atoms with E-state index in [1.54, 1.807) is 0 Å². The molecule has 31 heavy (non-hydrogen) atoms. The lowest BCUT2D eigenvalue weighted by atomic mass is 10.1. The van der Waals surface area contributed by atoms with E-state index in [9.17, 15) is 0 Å². The minimum absolute atomic E-state index is 0.370. The molecule has 0 radical (unpaired) electrons. The average molecular weight is 427 g/mol. The lowest BCUT2D eigenvalue weighted by Crippen LogP contribution is -2.46. The number of para-hydroxylation sites is 1. The second kappa shape index (κ2) is 12.3. The molecule has 0 aliphatic carbocycles. The molecule has 7 heteroatoms. The number of unbranched alkanes of at least 4 members (excludes halogenated alkanes) is 1. The van der Waals surface area contributed by atoms with Gasteiger partial charge in [0.2, 0.25) is 0 Å². The number of hydrogen-bond acceptors (Lipinski definition) is 5. The molecule has 1 aromatic heterocycles. The van der Waals surface area contributed by atoms with E-state index in [1.807, 2.05) is 6.07 Å². The van der Waals surface area contributed by atoms with Crippen LogP contribution in [0.3, 0.4) is 0 Å². The van der Waals surface area contributed by atoms with Gasteiger partial charge in [-0.15, -0.1) is 0 Å². The predicted octanol–water partition coefficient (Wildman–Crippen LogP) is 3.46. The summed E-state index contributed by atoms with van der Waals surface area (Å²) in [4.78, 5) is 9.69. The molecule has 0 saturated carbocycles. The summed E-state index contributed by atoms with van der Waals surface area (Å²) in [5, 5.41) is 10.8. The highest BCUT2D eigenvalue weighted by Gasteiger charge is 2.16. The van der Waals surface area contributed by atoms with Crippen molar-refractivity contribution in [2.75, 3.05) is 50.7 Å². The number of piperazine rings is 1. The highest BCUT2D eigenvalue weighted by Crippen LogP contribution is 2.16. The van der Waals surface area contributed by atoms with Gasteiger partial charge in [-0.2, -0.15) is 0 Å². The number of guanidine groups is 1. The van der Waals surface area contributed by atoms with Gasteiger partial charge in [0.15, 0.2) is 11.7 Å². The fourth-order valence-electron chi connectivity index (χ4n) is 3.71. The molecule has 0 unspecified atom stereocenters. The molecule has 0 spiro atoms. The summed E-state index contributed by atoms with van der Waals surface area (Å²) in [6, 6.07) is 12.7. The number of hydrogen-bond donors (Lipinski definition) is 2. The Morgan fingerprint density at radius 1 is 1.10 bits per heavy atom. The first-order valence-corrected chi connectivity index (χ1v) is 11.7. The number of aliphatic imine (C=N–C) groups is 1. The Balaban J connectivity index is 1.32. The summed E-state index contributed by atoms with van der Waals surface area (Å²) in [7, 11) is 0. The lowest BCUT2D eigenvalue weighted by molar-refractivity contribution is 0.253. The normalized spacial score (nSPS) is 15.5. The molecule has 0 bridgehead atoms. The summed E-state index contributed by atoms with van der Waals surface area (Å²) in [6.45, 7) is 14.2. The molecule has 2 heterocycles. The van der Waals surface area contributed by atoms with Gasteiger partial charge < -0.3 is 20.1 Å². The van der Waals surface area contributed by atoms with Gasteiger partial charge in [-0.3, -0.25) is 4.90 Å². The van der Waals surface area contributed by atoms with Crippen LogP contribution < -0.4 is 15.5 Å². The van der Waals surface area contributed by atoms with E-state index < -0.39 is 0 Å². The van der Waals surface area contributed by atoms with Crippen LogP contribution in [0.15, 0.2) is 45.9 Å². The van der Waals surface area contributed by atoms with Gasteiger partial charge in [0.25, 0.3) is 0 Å². The lowest BCUT2D eigenvalue weighted by Gasteiger charge is -2.36. The third-order valence-corrected chi connectivity index (χ3v) is 5.59. The van der Waals surface area contributed by atoms with Crippen LogP contribution in [0.4, 0.5) is 5.69 Å². The maximum absolute atomic E-state index is 5.38. The fourth-order valence-corrected chi connectivity index (χ4v) is 3.71. The summed E-state index contributed by atoms with van der Waals surface area (Å²) in [6.07, 6.45) is 2.32. The molecule has 1 aliphatic heterocycles. The first kappa shape index (κ1) is 23.1. The molecular formula is C24H38N6O. The topological polar surface area (TPSA) is 68.9 Å². The van der Waals surface area contributed by atoms with Crippen molar-refractivity contribution in [1.29, 1.82) is 0 Å². The Hall–Kier alpha value is -2.54. The number of aromatic nitrogens is 1. The standard InChI is InChI=1S/C24H38N6O/c1-4-25-24(27-19-22-18-23(20(2)3)28-31-22)26-12-8-9-13-29-14-16-30(17-15-29)21-10-6-5-7-11-21/h5-7,10-11,18,20H,4,8-9,12-17,19H2,1-3H3,(H2,25,26,27). The molecule has 3 rings (SSSR count). The largest absolute Gasteiger partial charge is 0.369 e. The molecule has 0 atom stereocenters. The van der Waals surface area contributed by atoms with Crippen LogP contribution in [0.1, 0.15) is 51.0 Å². The van der Waals surface area contributed by atoms with Crippen LogP contribution in [0, 0.1) is 0 Å². The second-order valence-electron chi connectivity index (χ2n) is 8.37. The van der Waals surface area contributed by atoms with Crippen LogP contribution in [-0.2, 0) is 6.54 Å². The minimum atomic E-state index is 0.370. The molecule has 7 nitrogen and oxygen atoms in total. The van der Waals surface area contributed by atoms with Gasteiger partial charge in [-0.25, -0.2) is 4.99 Å². The van der Waals surface area contributed by atoms with Gasteiger partial charge in [0.05, 0.1) is 5.69 Å². The molecule has 2 aromatic rings. The zero-order valence-corrected chi connectivity index (χ0v) is 19.3. The second-order valence-corrected chi connectivity index (χ2v) is 8.37. The summed E-state index contributed by atoms with van der Waals surface area (Å²) < 4.78 is 5.38. The quantitative estimate of drug-likeness (QED) is 0.345. The minimum Gasteiger partial charge on any atom is -0.369 e. The third kappa shape index (κ3) is 7.58. The highest BCUT2D eigenvalue weighted by molar-refractivity contribution is 5.79. The summed E-state index contributed by atoms with van der Waals surface area (Å²) in [5.74, 6) is 2.01. The highest BCUT2D eigenvalue weighted by atomic mass is 16.5. The molecule has 170 valence electrons. The first-order chi connectivity index (χ1) is 15.2. The Labute approximate surface area is 186 Å². The van der Waals surface area contributed by atoms with Gasteiger partial charge in [0, 0.05) is 51.0 Å². The van der Waals surface area contributed by atoms with Crippen molar-refractivity contribution in [3.63, 3.8) is 0 Å². The predicted molar refractivity (Wildman–Crippen MR) is 128 cm³/mol. The summed E-state index contributed by atoms with van der Waals surface area (Å²) in [5.41, 5.74) is 2.32. The van der Waals surface area contributed by atoms with Crippen molar-refractivity contribution in [2.24, 2.45) is 4.99 Å². The number of anilines is 1. The van der Waals surface area contributed by atoms with E-state index in [0.29, 0.717) is 12.5 Å². The monoisotopic (exact) mass is 426 g/mol. The van der Waals surface area contributed by atoms with Crippen molar-refractivity contribution < 1.29 is 4.52 Å². The average Bonchev–Trinajstić information content (AvgIpc) is 3.28. The zero-order chi connectivity index (χ0) is 21.9. The van der Waals surface area contributed by atoms with Crippen LogP contribution >= 0.6 is 0 Å². The van der Waals surface area contributed by atoms with Crippen molar-refractivity contribution in [3.05, 3.63) is 47.9 Å². The van der Waals surface area contributed by atoms with E-state index in [4.69, 9.17) is 4.52 Å². The Bertz CT molecular complexity index is 780. The van der Waals surface area contributed by atoms with Gasteiger partial charge in [-0.1, -0.05) is 37.2 Å². The van der Waals surface area contributed by atoms with Crippen molar-refractivity contribution >= 4 is 11.6 Å². The smallest absolute Gasteiger partial charge is 0.191 e. The maximum Gasteiger partial charge on any atom is 0.191 e. The summed E-state index contributed by atoms with van der Waals surface area (Å²) >= 11 is 0. The number of nitrogens with zero attached hydrogens (tertiary/aromatic N) is 4.